The molecule has 218 valence electrons. The molecule has 3 fully saturated rings. The topological polar surface area (TPSA) is 6.48 Å². The number of nitrogens with zero attached hydrogens (tertiary/aromatic N) is 2. The van der Waals surface area contributed by atoms with E-state index < -0.39 is 0 Å². The molecular formula is C33H76N2. The van der Waals surface area contributed by atoms with E-state index >= 15 is 0 Å². The van der Waals surface area contributed by atoms with Crippen LogP contribution < -0.4 is 0 Å². The van der Waals surface area contributed by atoms with Crippen LogP contribution in [0.15, 0.2) is 0 Å². The average Bonchev–Trinajstić information content (AvgIpc) is 3.48. The first-order chi connectivity index (χ1) is 16.1. The molecule has 3 rings (SSSR count). The van der Waals surface area contributed by atoms with Crippen LogP contribution in [0.3, 0.4) is 0 Å². The molecule has 0 bridgehead atoms. The lowest BCUT2D eigenvalue weighted by molar-refractivity contribution is 0.169. The van der Waals surface area contributed by atoms with Gasteiger partial charge in [-0.2, -0.15) is 0 Å². The number of likely N-dealkylation sites (tertiary alicyclic amines) is 2. The van der Waals surface area contributed by atoms with E-state index in [1.807, 2.05) is 27.7 Å². The summed E-state index contributed by atoms with van der Waals surface area (Å²) in [5.41, 5.74) is 0.394. The minimum absolute atomic E-state index is 0.394. The summed E-state index contributed by atoms with van der Waals surface area (Å²) >= 11 is 0. The van der Waals surface area contributed by atoms with Crippen LogP contribution in [0.2, 0.25) is 0 Å². The van der Waals surface area contributed by atoms with Crippen LogP contribution in [0.1, 0.15) is 149 Å². The summed E-state index contributed by atoms with van der Waals surface area (Å²) in [5.74, 6) is 4.58. The van der Waals surface area contributed by atoms with Gasteiger partial charge in [-0.25, -0.2) is 0 Å². The van der Waals surface area contributed by atoms with Crippen LogP contribution >= 0.6 is 0 Å². The van der Waals surface area contributed by atoms with E-state index in [1.54, 1.807) is 0 Å². The molecule has 0 N–H and O–H groups in total. The van der Waals surface area contributed by atoms with Gasteiger partial charge in [-0.15, -0.1) is 0 Å². The minimum Gasteiger partial charge on any atom is -0.306 e. The van der Waals surface area contributed by atoms with Gasteiger partial charge in [-0.1, -0.05) is 116 Å². The zero-order valence-electron chi connectivity index (χ0n) is 28.4. The first-order valence-electron chi connectivity index (χ1n) is 15.6. The molecule has 1 saturated carbocycles. The molecule has 0 radical (unpaired) electrons. The van der Waals surface area contributed by atoms with Gasteiger partial charge in [0.25, 0.3) is 0 Å². The van der Waals surface area contributed by atoms with Crippen molar-refractivity contribution in [3.05, 3.63) is 0 Å². The van der Waals surface area contributed by atoms with E-state index in [0.29, 0.717) is 5.54 Å². The first-order valence-corrected chi connectivity index (χ1v) is 15.6. The van der Waals surface area contributed by atoms with Gasteiger partial charge in [0.1, 0.15) is 0 Å². The summed E-state index contributed by atoms with van der Waals surface area (Å²) in [5, 5.41) is 0. The predicted octanol–water partition coefficient (Wildman–Crippen LogP) is 10.7. The Bertz CT molecular complexity index is 358. The van der Waals surface area contributed by atoms with Gasteiger partial charge in [-0.3, -0.25) is 4.90 Å². The maximum atomic E-state index is 2.57. The van der Waals surface area contributed by atoms with Crippen molar-refractivity contribution in [1.82, 2.24) is 9.80 Å². The van der Waals surface area contributed by atoms with E-state index in [-0.39, 0.29) is 0 Å². The Labute approximate surface area is 227 Å². The Kier molecular flexibility index (Phi) is 32.4. The van der Waals surface area contributed by atoms with E-state index in [9.17, 15) is 0 Å². The average molecular weight is 501 g/mol. The third-order valence-corrected chi connectivity index (χ3v) is 5.64. The summed E-state index contributed by atoms with van der Waals surface area (Å²) in [6.45, 7) is 40.1. The summed E-state index contributed by atoms with van der Waals surface area (Å²) < 4.78 is 0. The highest BCUT2D eigenvalue weighted by molar-refractivity contribution is 4.82. The smallest absolute Gasteiger partial charge is 0.0125 e. The number of rotatable bonds is 0. The second-order valence-electron chi connectivity index (χ2n) is 13.0. The molecule has 0 spiro atoms. The zero-order valence-corrected chi connectivity index (χ0v) is 28.4. The van der Waals surface area contributed by atoms with Crippen molar-refractivity contribution < 1.29 is 0 Å². The van der Waals surface area contributed by atoms with Crippen molar-refractivity contribution in [3.63, 3.8) is 0 Å². The standard InChI is InChI=1S/C9H19N.C6H13N.C6H12.2C4H10.2C2H6/c1-8-5-6-10(7-8)9(2,3)4;1-6-3-4-7(2)5-6;1-6-4-2-3-5-6;2*1-4(2)3;2*1-2/h8H,5-7H2,1-4H3;6H,3-5H2,1-2H3;6H,2-5H2,1H3;2*4H,1-3H3;2*1-2H3. The van der Waals surface area contributed by atoms with Crippen LogP contribution in [-0.2, 0) is 0 Å². The fourth-order valence-electron chi connectivity index (χ4n) is 3.83. The molecule has 0 aromatic heterocycles. The van der Waals surface area contributed by atoms with E-state index in [1.165, 1.54) is 64.7 Å². The first kappa shape index (κ1) is 42.0. The summed E-state index contributed by atoms with van der Waals surface area (Å²) in [6, 6.07) is 0. The van der Waals surface area contributed by atoms with Gasteiger partial charge in [0.05, 0.1) is 0 Å². The highest BCUT2D eigenvalue weighted by atomic mass is 15.2. The lowest BCUT2D eigenvalue weighted by Gasteiger charge is -2.31. The Morgan fingerprint density at radius 3 is 1.03 bits per heavy atom. The molecule has 35 heavy (non-hydrogen) atoms. The molecule has 2 nitrogen and oxygen atoms in total. The van der Waals surface area contributed by atoms with Gasteiger partial charge in [0, 0.05) is 18.6 Å². The number of hydrogen-bond acceptors (Lipinski definition) is 2. The normalized spacial score (nSPS) is 22.0. The van der Waals surface area contributed by atoms with Gasteiger partial charge < -0.3 is 4.90 Å². The molecule has 2 unspecified atom stereocenters. The SMILES string of the molecule is CC.CC.CC(C)C.CC(C)C.CC1CCCC1.CC1CCN(C(C)(C)C)C1.CC1CCN(C)C1. The summed E-state index contributed by atoms with van der Waals surface area (Å²) in [4.78, 5) is 4.95. The molecular weight excluding hydrogens is 424 g/mol. The lowest BCUT2D eigenvalue weighted by atomic mass is 10.1. The van der Waals surface area contributed by atoms with Crippen LogP contribution in [0, 0.1) is 29.6 Å². The summed E-state index contributed by atoms with van der Waals surface area (Å²) in [7, 11) is 2.18. The minimum atomic E-state index is 0.394. The molecule has 2 aliphatic heterocycles. The second kappa shape index (κ2) is 27.0. The molecule has 2 heterocycles. The van der Waals surface area contributed by atoms with E-state index in [4.69, 9.17) is 0 Å². The fourth-order valence-corrected chi connectivity index (χ4v) is 3.83. The van der Waals surface area contributed by atoms with Crippen molar-refractivity contribution in [2.75, 3.05) is 33.2 Å². The van der Waals surface area contributed by atoms with Crippen LogP contribution in [0.4, 0.5) is 0 Å². The van der Waals surface area contributed by atoms with Crippen molar-refractivity contribution in [1.29, 1.82) is 0 Å². The highest BCUT2D eigenvalue weighted by Gasteiger charge is 2.27. The quantitative estimate of drug-likeness (QED) is 0.326. The van der Waals surface area contributed by atoms with Crippen molar-refractivity contribution in [2.24, 2.45) is 29.6 Å². The Balaban J connectivity index is -0.000000172. The van der Waals surface area contributed by atoms with Crippen LogP contribution in [-0.4, -0.2) is 48.6 Å². The zero-order chi connectivity index (χ0) is 28.6. The Morgan fingerprint density at radius 2 is 0.914 bits per heavy atom. The van der Waals surface area contributed by atoms with Gasteiger partial charge >= 0.3 is 0 Å². The number of hydrogen-bond donors (Lipinski definition) is 0. The Hall–Kier alpha value is -0.0800. The lowest BCUT2D eigenvalue weighted by Crippen LogP contribution is -2.39. The third-order valence-electron chi connectivity index (χ3n) is 5.64. The second-order valence-corrected chi connectivity index (χ2v) is 13.0. The van der Waals surface area contributed by atoms with Crippen molar-refractivity contribution >= 4 is 0 Å². The van der Waals surface area contributed by atoms with E-state index in [2.05, 4.69) is 99.9 Å². The molecule has 2 heteroatoms. The predicted molar refractivity (Wildman–Crippen MR) is 168 cm³/mol. The maximum absolute atomic E-state index is 2.57. The molecule has 0 aromatic rings. The molecule has 1 aliphatic carbocycles. The summed E-state index contributed by atoms with van der Waals surface area (Å²) in [6.07, 6.45) is 8.73. The highest BCUT2D eigenvalue weighted by Crippen LogP contribution is 2.23. The Morgan fingerprint density at radius 1 is 0.571 bits per heavy atom. The van der Waals surface area contributed by atoms with E-state index in [0.717, 1.165) is 29.6 Å². The third kappa shape index (κ3) is 36.1. The molecule has 0 amide bonds. The molecule has 2 saturated heterocycles. The molecule has 0 aromatic carbocycles. The van der Waals surface area contributed by atoms with Crippen molar-refractivity contribution in [2.45, 2.75) is 155 Å². The van der Waals surface area contributed by atoms with Gasteiger partial charge in [-0.05, 0) is 83.3 Å². The van der Waals surface area contributed by atoms with Crippen LogP contribution in [0.5, 0.6) is 0 Å². The monoisotopic (exact) mass is 501 g/mol. The maximum Gasteiger partial charge on any atom is 0.0125 e. The van der Waals surface area contributed by atoms with Gasteiger partial charge in [0.2, 0.25) is 0 Å². The van der Waals surface area contributed by atoms with Crippen molar-refractivity contribution in [3.8, 4) is 0 Å². The fraction of sp³-hybridized carbons (Fsp3) is 1.00. The molecule has 3 aliphatic rings. The largest absolute Gasteiger partial charge is 0.306 e. The van der Waals surface area contributed by atoms with Crippen LogP contribution in [0.25, 0.3) is 0 Å². The molecule has 2 atom stereocenters. The van der Waals surface area contributed by atoms with Gasteiger partial charge in [0.15, 0.2) is 0 Å².